The van der Waals surface area contributed by atoms with Gasteiger partial charge in [0.25, 0.3) is 0 Å². The van der Waals surface area contributed by atoms with E-state index in [1.165, 1.54) is 5.56 Å². The second-order valence-corrected chi connectivity index (χ2v) is 4.40. The minimum Gasteiger partial charge on any atom is -0.264 e. The second-order valence-electron chi connectivity index (χ2n) is 4.40. The molecule has 0 aliphatic carbocycles. The first kappa shape index (κ1) is 9.06. The van der Waals surface area contributed by atoms with Crippen LogP contribution < -0.4 is 0 Å². The Labute approximate surface area is 83.2 Å². The lowest BCUT2D eigenvalue weighted by Gasteiger charge is -2.19. The van der Waals surface area contributed by atoms with E-state index in [1.54, 1.807) is 6.20 Å². The van der Waals surface area contributed by atoms with Gasteiger partial charge in [-0.1, -0.05) is 20.8 Å². The Kier molecular flexibility index (Phi) is 1.95. The first-order valence-electron chi connectivity index (χ1n) is 4.65. The molecule has 0 saturated carbocycles. The molecule has 0 aliphatic rings. The van der Waals surface area contributed by atoms with Crippen LogP contribution in [0.15, 0.2) is 24.7 Å². The first-order chi connectivity index (χ1) is 6.59. The van der Waals surface area contributed by atoms with Crippen molar-refractivity contribution in [3.05, 3.63) is 30.2 Å². The van der Waals surface area contributed by atoms with E-state index < -0.39 is 0 Å². The van der Waals surface area contributed by atoms with Crippen LogP contribution in [0.1, 0.15) is 26.3 Å². The van der Waals surface area contributed by atoms with Gasteiger partial charge in [0.1, 0.15) is 0 Å². The molecule has 0 amide bonds. The molecule has 0 radical (unpaired) electrons. The quantitative estimate of drug-likeness (QED) is 0.635. The van der Waals surface area contributed by atoms with Gasteiger partial charge in [0, 0.05) is 17.8 Å². The first-order valence-corrected chi connectivity index (χ1v) is 4.65. The standard InChI is InChI=1S/C11H13N3/c1-11(2,3)9-7-13-14-10-4-5-12-6-8(9)10/h4-7H,1-3H3. The van der Waals surface area contributed by atoms with Gasteiger partial charge in [0.05, 0.1) is 11.7 Å². The van der Waals surface area contributed by atoms with Crippen molar-refractivity contribution in [2.24, 2.45) is 0 Å². The van der Waals surface area contributed by atoms with E-state index in [2.05, 4.69) is 36.0 Å². The Morgan fingerprint density at radius 1 is 1.14 bits per heavy atom. The van der Waals surface area contributed by atoms with E-state index in [4.69, 9.17) is 0 Å². The van der Waals surface area contributed by atoms with Crippen LogP contribution in [-0.4, -0.2) is 15.2 Å². The Morgan fingerprint density at radius 2 is 1.93 bits per heavy atom. The summed E-state index contributed by atoms with van der Waals surface area (Å²) in [6.07, 6.45) is 5.41. The SMILES string of the molecule is CC(C)(C)c1cnnc2ccncc12. The summed E-state index contributed by atoms with van der Waals surface area (Å²) >= 11 is 0. The highest BCUT2D eigenvalue weighted by Crippen LogP contribution is 2.27. The maximum atomic E-state index is 4.12. The molecule has 2 aromatic rings. The maximum Gasteiger partial charge on any atom is 0.0963 e. The summed E-state index contributed by atoms with van der Waals surface area (Å²) in [5, 5.41) is 9.16. The van der Waals surface area contributed by atoms with Crippen molar-refractivity contribution in [3.8, 4) is 0 Å². The molecule has 3 heteroatoms. The molecule has 0 atom stereocenters. The van der Waals surface area contributed by atoms with Crippen molar-refractivity contribution in [1.29, 1.82) is 0 Å². The Balaban J connectivity index is 2.78. The van der Waals surface area contributed by atoms with Crippen molar-refractivity contribution >= 4 is 10.9 Å². The lowest BCUT2D eigenvalue weighted by atomic mass is 9.86. The number of pyridine rings is 1. The molecule has 14 heavy (non-hydrogen) atoms. The molecule has 2 heterocycles. The molecule has 0 aliphatic heterocycles. The van der Waals surface area contributed by atoms with Crippen LogP contribution in [0.3, 0.4) is 0 Å². The van der Waals surface area contributed by atoms with Gasteiger partial charge in [0.15, 0.2) is 0 Å². The number of hydrogen-bond donors (Lipinski definition) is 0. The number of nitrogens with zero attached hydrogens (tertiary/aromatic N) is 3. The molecule has 0 saturated heterocycles. The summed E-state index contributed by atoms with van der Waals surface area (Å²) in [5.41, 5.74) is 2.18. The molecule has 0 fully saturated rings. The van der Waals surface area contributed by atoms with Gasteiger partial charge < -0.3 is 0 Å². The summed E-state index contributed by atoms with van der Waals surface area (Å²) in [4.78, 5) is 4.12. The van der Waals surface area contributed by atoms with E-state index in [0.717, 1.165) is 10.9 Å². The normalized spacial score (nSPS) is 11.9. The molecule has 0 unspecified atom stereocenters. The minimum atomic E-state index is 0.0806. The zero-order valence-corrected chi connectivity index (χ0v) is 8.65. The molecule has 2 rings (SSSR count). The van der Waals surface area contributed by atoms with Crippen molar-refractivity contribution in [2.45, 2.75) is 26.2 Å². The zero-order chi connectivity index (χ0) is 10.2. The van der Waals surface area contributed by atoms with E-state index in [1.807, 2.05) is 18.5 Å². The fraction of sp³-hybridized carbons (Fsp3) is 0.364. The van der Waals surface area contributed by atoms with Gasteiger partial charge in [-0.25, -0.2) is 0 Å². The smallest absolute Gasteiger partial charge is 0.0963 e. The predicted octanol–water partition coefficient (Wildman–Crippen LogP) is 2.32. The van der Waals surface area contributed by atoms with Crippen LogP contribution in [0.2, 0.25) is 0 Å². The molecular weight excluding hydrogens is 174 g/mol. The third kappa shape index (κ3) is 1.45. The van der Waals surface area contributed by atoms with Crippen LogP contribution in [0, 0.1) is 0 Å². The molecular formula is C11H13N3. The van der Waals surface area contributed by atoms with Crippen molar-refractivity contribution in [1.82, 2.24) is 15.2 Å². The summed E-state index contributed by atoms with van der Waals surface area (Å²) in [7, 11) is 0. The number of rotatable bonds is 0. The van der Waals surface area contributed by atoms with Crippen molar-refractivity contribution < 1.29 is 0 Å². The van der Waals surface area contributed by atoms with E-state index in [0.29, 0.717) is 0 Å². The minimum absolute atomic E-state index is 0.0806. The molecule has 0 aromatic carbocycles. The van der Waals surface area contributed by atoms with Gasteiger partial charge in [0.2, 0.25) is 0 Å². The van der Waals surface area contributed by atoms with Crippen molar-refractivity contribution in [2.75, 3.05) is 0 Å². The van der Waals surface area contributed by atoms with E-state index >= 15 is 0 Å². The highest BCUT2D eigenvalue weighted by atomic mass is 15.1. The lowest BCUT2D eigenvalue weighted by Crippen LogP contribution is -2.12. The van der Waals surface area contributed by atoms with E-state index in [9.17, 15) is 0 Å². The Morgan fingerprint density at radius 3 is 2.64 bits per heavy atom. The molecule has 0 bridgehead atoms. The van der Waals surface area contributed by atoms with Crippen LogP contribution >= 0.6 is 0 Å². The molecule has 3 nitrogen and oxygen atoms in total. The lowest BCUT2D eigenvalue weighted by molar-refractivity contribution is 0.591. The second kappa shape index (κ2) is 3.01. The fourth-order valence-corrected chi connectivity index (χ4v) is 1.50. The highest BCUT2D eigenvalue weighted by Gasteiger charge is 2.17. The average Bonchev–Trinajstić information content (AvgIpc) is 2.15. The third-order valence-corrected chi connectivity index (χ3v) is 2.25. The average molecular weight is 187 g/mol. The van der Waals surface area contributed by atoms with Gasteiger partial charge in [-0.2, -0.15) is 10.2 Å². The van der Waals surface area contributed by atoms with E-state index in [-0.39, 0.29) is 5.41 Å². The maximum absolute atomic E-state index is 4.12. The largest absolute Gasteiger partial charge is 0.264 e. The third-order valence-electron chi connectivity index (χ3n) is 2.25. The molecule has 0 spiro atoms. The van der Waals surface area contributed by atoms with Crippen LogP contribution in [0.25, 0.3) is 10.9 Å². The monoisotopic (exact) mass is 187 g/mol. The number of hydrogen-bond acceptors (Lipinski definition) is 3. The molecule has 0 N–H and O–H groups in total. The Hall–Kier alpha value is -1.51. The van der Waals surface area contributed by atoms with Gasteiger partial charge in [-0.15, -0.1) is 0 Å². The summed E-state index contributed by atoms with van der Waals surface area (Å²) in [6, 6.07) is 1.89. The van der Waals surface area contributed by atoms with Gasteiger partial charge in [-0.3, -0.25) is 4.98 Å². The van der Waals surface area contributed by atoms with Gasteiger partial charge >= 0.3 is 0 Å². The Bertz CT molecular complexity index is 452. The number of fused-ring (bicyclic) bond motifs is 1. The summed E-state index contributed by atoms with van der Waals surface area (Å²) < 4.78 is 0. The predicted molar refractivity (Wildman–Crippen MR) is 56.0 cm³/mol. The topological polar surface area (TPSA) is 38.7 Å². The van der Waals surface area contributed by atoms with Gasteiger partial charge in [-0.05, 0) is 17.0 Å². The summed E-state index contributed by atoms with van der Waals surface area (Å²) in [6.45, 7) is 6.49. The fourth-order valence-electron chi connectivity index (χ4n) is 1.50. The molecule has 2 aromatic heterocycles. The van der Waals surface area contributed by atoms with Crippen molar-refractivity contribution in [3.63, 3.8) is 0 Å². The highest BCUT2D eigenvalue weighted by molar-refractivity contribution is 5.81. The van der Waals surface area contributed by atoms with Crippen LogP contribution in [0.4, 0.5) is 0 Å². The van der Waals surface area contributed by atoms with Crippen LogP contribution in [0.5, 0.6) is 0 Å². The number of aromatic nitrogens is 3. The van der Waals surface area contributed by atoms with Crippen LogP contribution in [-0.2, 0) is 5.41 Å². The zero-order valence-electron chi connectivity index (χ0n) is 8.65. The summed E-state index contributed by atoms with van der Waals surface area (Å²) in [5.74, 6) is 0. The molecule has 72 valence electrons.